The highest BCUT2D eigenvalue weighted by Gasteiger charge is 2.39. The number of rotatable bonds is 5. The molecule has 26 heavy (non-hydrogen) atoms. The SMILES string of the molecule is Cc1c([C@H]2[C@H](CNCc3cnn4ccccc34)CC(=O)N2C)cnn1C. The summed E-state index contributed by atoms with van der Waals surface area (Å²) in [6, 6.07) is 6.14. The summed E-state index contributed by atoms with van der Waals surface area (Å²) in [6.07, 6.45) is 6.31. The van der Waals surface area contributed by atoms with Crippen molar-refractivity contribution in [3.8, 4) is 0 Å². The standard InChI is InChI=1S/C19H24N6O/c1-13-16(12-21-24(13)3)19-14(8-18(26)23(19)2)9-20-10-15-11-22-25-7-5-4-6-17(15)25/h4-7,11-12,14,19-20H,8-10H2,1-3H3/t14-,19+/m0/s1. The number of aromatic nitrogens is 4. The van der Waals surface area contributed by atoms with E-state index in [0.29, 0.717) is 6.42 Å². The van der Waals surface area contributed by atoms with E-state index >= 15 is 0 Å². The molecule has 0 saturated carbocycles. The summed E-state index contributed by atoms with van der Waals surface area (Å²) in [6.45, 7) is 3.57. The van der Waals surface area contributed by atoms with Crippen LogP contribution in [-0.4, -0.2) is 43.8 Å². The van der Waals surface area contributed by atoms with Crippen LogP contribution in [0.5, 0.6) is 0 Å². The average molecular weight is 352 g/mol. The Hall–Kier alpha value is -2.67. The number of hydrogen-bond acceptors (Lipinski definition) is 4. The fraction of sp³-hybridized carbons (Fsp3) is 0.421. The number of carbonyl (C=O) groups is 1. The Morgan fingerprint density at radius 3 is 2.85 bits per heavy atom. The molecule has 1 fully saturated rings. The average Bonchev–Trinajstić information content (AvgIpc) is 3.27. The molecule has 0 bridgehead atoms. The van der Waals surface area contributed by atoms with E-state index in [1.807, 2.05) is 58.9 Å². The Labute approximate surface area is 152 Å². The predicted octanol–water partition coefficient (Wildman–Crippen LogP) is 1.69. The summed E-state index contributed by atoms with van der Waals surface area (Å²) in [5.74, 6) is 0.429. The number of aryl methyl sites for hydroxylation is 1. The molecule has 0 spiro atoms. The smallest absolute Gasteiger partial charge is 0.223 e. The third kappa shape index (κ3) is 2.78. The van der Waals surface area contributed by atoms with E-state index in [2.05, 4.69) is 28.5 Å². The number of carbonyl (C=O) groups excluding carboxylic acids is 1. The second kappa shape index (κ2) is 6.57. The van der Waals surface area contributed by atoms with Crippen molar-refractivity contribution in [2.75, 3.05) is 13.6 Å². The van der Waals surface area contributed by atoms with Gasteiger partial charge in [0.2, 0.25) is 5.91 Å². The minimum atomic E-state index is 0.0765. The van der Waals surface area contributed by atoms with Crippen molar-refractivity contribution in [2.24, 2.45) is 13.0 Å². The molecule has 1 aliphatic heterocycles. The van der Waals surface area contributed by atoms with Crippen molar-refractivity contribution < 1.29 is 4.79 Å². The molecule has 0 aromatic carbocycles. The summed E-state index contributed by atoms with van der Waals surface area (Å²) in [4.78, 5) is 14.2. The highest BCUT2D eigenvalue weighted by Crippen LogP contribution is 2.37. The van der Waals surface area contributed by atoms with Gasteiger partial charge in [0, 0.05) is 62.5 Å². The van der Waals surface area contributed by atoms with Gasteiger partial charge in [-0.05, 0) is 19.1 Å². The van der Waals surface area contributed by atoms with Crippen molar-refractivity contribution in [2.45, 2.75) is 25.9 Å². The van der Waals surface area contributed by atoms with E-state index in [1.54, 1.807) is 0 Å². The maximum atomic E-state index is 12.3. The van der Waals surface area contributed by atoms with Gasteiger partial charge in [-0.15, -0.1) is 0 Å². The molecule has 2 atom stereocenters. The van der Waals surface area contributed by atoms with Gasteiger partial charge in [0.1, 0.15) is 0 Å². The van der Waals surface area contributed by atoms with Crippen LogP contribution >= 0.6 is 0 Å². The van der Waals surface area contributed by atoms with Gasteiger partial charge < -0.3 is 10.2 Å². The fourth-order valence-corrected chi connectivity index (χ4v) is 3.92. The fourth-order valence-electron chi connectivity index (χ4n) is 3.92. The van der Waals surface area contributed by atoms with Crippen molar-refractivity contribution in [3.05, 3.63) is 53.6 Å². The van der Waals surface area contributed by atoms with E-state index in [1.165, 1.54) is 0 Å². The molecule has 136 valence electrons. The van der Waals surface area contributed by atoms with E-state index in [0.717, 1.165) is 35.4 Å². The van der Waals surface area contributed by atoms with Crippen LogP contribution in [0, 0.1) is 12.8 Å². The second-order valence-corrected chi connectivity index (χ2v) is 7.05. The predicted molar refractivity (Wildman–Crippen MR) is 98.5 cm³/mol. The molecular formula is C19H24N6O. The van der Waals surface area contributed by atoms with E-state index in [9.17, 15) is 4.79 Å². The molecule has 0 radical (unpaired) electrons. The Kier molecular flexibility index (Phi) is 4.24. The van der Waals surface area contributed by atoms with Crippen LogP contribution < -0.4 is 5.32 Å². The molecule has 7 heteroatoms. The first-order valence-corrected chi connectivity index (χ1v) is 8.92. The van der Waals surface area contributed by atoms with Crippen LogP contribution in [0.4, 0.5) is 0 Å². The first-order valence-electron chi connectivity index (χ1n) is 8.92. The van der Waals surface area contributed by atoms with Crippen molar-refractivity contribution in [1.29, 1.82) is 0 Å². The normalized spacial score (nSPS) is 20.4. The number of pyridine rings is 1. The first kappa shape index (κ1) is 16.8. The quantitative estimate of drug-likeness (QED) is 0.759. The number of nitrogens with one attached hydrogen (secondary N) is 1. The lowest BCUT2D eigenvalue weighted by atomic mass is 9.94. The van der Waals surface area contributed by atoms with Gasteiger partial charge in [0.15, 0.2) is 0 Å². The lowest BCUT2D eigenvalue weighted by molar-refractivity contribution is -0.127. The maximum Gasteiger partial charge on any atom is 0.223 e. The Morgan fingerprint density at radius 2 is 2.08 bits per heavy atom. The zero-order chi connectivity index (χ0) is 18.3. The molecule has 0 aliphatic carbocycles. The number of hydrogen-bond donors (Lipinski definition) is 1. The molecule has 1 amide bonds. The molecule has 1 N–H and O–H groups in total. The van der Waals surface area contributed by atoms with Gasteiger partial charge in [-0.1, -0.05) is 6.07 Å². The van der Waals surface area contributed by atoms with Crippen LogP contribution in [-0.2, 0) is 18.4 Å². The van der Waals surface area contributed by atoms with Crippen LogP contribution in [0.2, 0.25) is 0 Å². The number of amides is 1. The Morgan fingerprint density at radius 1 is 1.23 bits per heavy atom. The molecule has 1 aliphatic rings. The summed E-state index contributed by atoms with van der Waals surface area (Å²) < 4.78 is 3.75. The molecule has 4 rings (SSSR count). The maximum absolute atomic E-state index is 12.3. The molecule has 4 heterocycles. The molecule has 3 aromatic heterocycles. The third-order valence-corrected chi connectivity index (χ3v) is 5.51. The highest BCUT2D eigenvalue weighted by molar-refractivity contribution is 5.79. The Balaban J connectivity index is 1.48. The monoisotopic (exact) mass is 352 g/mol. The first-order chi connectivity index (χ1) is 12.6. The number of fused-ring (bicyclic) bond motifs is 1. The molecule has 1 saturated heterocycles. The summed E-state index contributed by atoms with van der Waals surface area (Å²) >= 11 is 0. The highest BCUT2D eigenvalue weighted by atomic mass is 16.2. The van der Waals surface area contributed by atoms with E-state index in [-0.39, 0.29) is 17.9 Å². The van der Waals surface area contributed by atoms with Crippen molar-refractivity contribution in [3.63, 3.8) is 0 Å². The minimum Gasteiger partial charge on any atom is -0.338 e. The van der Waals surface area contributed by atoms with Gasteiger partial charge in [-0.3, -0.25) is 9.48 Å². The van der Waals surface area contributed by atoms with Gasteiger partial charge in [0.25, 0.3) is 0 Å². The lowest BCUT2D eigenvalue weighted by Gasteiger charge is -2.25. The summed E-state index contributed by atoms with van der Waals surface area (Å²) in [5.41, 5.74) is 4.53. The molecule has 7 nitrogen and oxygen atoms in total. The van der Waals surface area contributed by atoms with E-state index < -0.39 is 0 Å². The van der Waals surface area contributed by atoms with Crippen molar-refractivity contribution >= 4 is 11.4 Å². The van der Waals surface area contributed by atoms with Crippen molar-refractivity contribution in [1.82, 2.24) is 29.6 Å². The minimum absolute atomic E-state index is 0.0765. The zero-order valence-corrected chi connectivity index (χ0v) is 15.4. The zero-order valence-electron chi connectivity index (χ0n) is 15.4. The van der Waals surface area contributed by atoms with Gasteiger partial charge in [0.05, 0.1) is 24.0 Å². The lowest BCUT2D eigenvalue weighted by Crippen LogP contribution is -2.29. The van der Waals surface area contributed by atoms with Gasteiger partial charge in [-0.25, -0.2) is 4.52 Å². The van der Waals surface area contributed by atoms with Crippen LogP contribution in [0.15, 0.2) is 36.8 Å². The van der Waals surface area contributed by atoms with Crippen LogP contribution in [0.25, 0.3) is 5.52 Å². The molecular weight excluding hydrogens is 328 g/mol. The van der Waals surface area contributed by atoms with E-state index in [4.69, 9.17) is 0 Å². The van der Waals surface area contributed by atoms with Gasteiger partial charge >= 0.3 is 0 Å². The number of likely N-dealkylation sites (tertiary alicyclic amines) is 1. The summed E-state index contributed by atoms with van der Waals surface area (Å²) in [7, 11) is 3.83. The van der Waals surface area contributed by atoms with Gasteiger partial charge in [-0.2, -0.15) is 10.2 Å². The molecule has 3 aromatic rings. The molecule has 0 unspecified atom stereocenters. The third-order valence-electron chi connectivity index (χ3n) is 5.51. The number of nitrogens with zero attached hydrogens (tertiary/aromatic N) is 5. The van der Waals surface area contributed by atoms with Crippen LogP contribution in [0.1, 0.15) is 29.3 Å². The largest absolute Gasteiger partial charge is 0.338 e. The topological polar surface area (TPSA) is 67.5 Å². The second-order valence-electron chi connectivity index (χ2n) is 7.05. The Bertz CT molecular complexity index is 943. The van der Waals surface area contributed by atoms with Crippen LogP contribution in [0.3, 0.4) is 0 Å². The summed E-state index contributed by atoms with van der Waals surface area (Å²) in [5, 5.41) is 12.3.